The van der Waals surface area contributed by atoms with Gasteiger partial charge in [-0.15, -0.1) is 10.2 Å². The largest absolute Gasteiger partial charge is 0.338 e. The number of fused-ring (bicyclic) bond motifs is 3. The van der Waals surface area contributed by atoms with E-state index in [2.05, 4.69) is 32.3 Å². The number of aromatic nitrogens is 4. The quantitative estimate of drug-likeness (QED) is 0.577. The van der Waals surface area contributed by atoms with Crippen LogP contribution in [0.15, 0.2) is 53.7 Å². The van der Waals surface area contributed by atoms with Crippen LogP contribution in [0.4, 0.5) is 4.39 Å². The van der Waals surface area contributed by atoms with Crippen molar-refractivity contribution in [1.29, 1.82) is 0 Å². The van der Waals surface area contributed by atoms with Crippen LogP contribution in [-0.2, 0) is 6.42 Å². The highest BCUT2D eigenvalue weighted by Crippen LogP contribution is 2.24. The van der Waals surface area contributed by atoms with Gasteiger partial charge in [-0.05, 0) is 30.2 Å². The number of H-pyrrole nitrogens is 1. The number of halogens is 1. The highest BCUT2D eigenvalue weighted by atomic mass is 32.2. The molecule has 114 valence electrons. The number of aryl methyl sites for hydroxylation is 1. The number of thioether (sulfide) groups is 1. The maximum Gasteiger partial charge on any atom is 0.211 e. The first-order valence-electron chi connectivity index (χ1n) is 7.28. The third-order valence-electron chi connectivity index (χ3n) is 3.62. The van der Waals surface area contributed by atoms with Crippen molar-refractivity contribution < 1.29 is 4.39 Å². The van der Waals surface area contributed by atoms with E-state index < -0.39 is 0 Å². The van der Waals surface area contributed by atoms with E-state index in [0.717, 1.165) is 17.7 Å². The fourth-order valence-corrected chi connectivity index (χ4v) is 3.27. The van der Waals surface area contributed by atoms with Crippen LogP contribution in [0, 0.1) is 5.82 Å². The van der Waals surface area contributed by atoms with E-state index in [0.29, 0.717) is 21.7 Å². The van der Waals surface area contributed by atoms with Crippen LogP contribution >= 0.6 is 11.8 Å². The van der Waals surface area contributed by atoms with Gasteiger partial charge < -0.3 is 4.98 Å². The molecule has 0 fully saturated rings. The number of nitrogens with one attached hydrogen (secondary N) is 1. The lowest BCUT2D eigenvalue weighted by Gasteiger charge is -2.00. The van der Waals surface area contributed by atoms with Gasteiger partial charge in [0.15, 0.2) is 5.65 Å². The first-order chi connectivity index (χ1) is 11.3. The smallest absolute Gasteiger partial charge is 0.211 e. The molecule has 0 bridgehead atoms. The van der Waals surface area contributed by atoms with Crippen molar-refractivity contribution in [3.63, 3.8) is 0 Å². The molecule has 0 spiro atoms. The fraction of sp³-hybridized carbons (Fsp3) is 0.118. The summed E-state index contributed by atoms with van der Waals surface area (Å²) in [6.07, 6.45) is 0.949. The molecule has 2 aromatic carbocycles. The van der Waals surface area contributed by atoms with E-state index >= 15 is 0 Å². The third kappa shape index (κ3) is 2.90. The summed E-state index contributed by atoms with van der Waals surface area (Å²) in [5.74, 6) is 0.591. The first-order valence-corrected chi connectivity index (χ1v) is 8.26. The first kappa shape index (κ1) is 14.1. The van der Waals surface area contributed by atoms with Crippen molar-refractivity contribution in [3.05, 3.63) is 59.9 Å². The molecule has 0 saturated carbocycles. The second kappa shape index (κ2) is 5.96. The topological polar surface area (TPSA) is 54.5 Å². The summed E-state index contributed by atoms with van der Waals surface area (Å²) >= 11 is 1.56. The normalized spacial score (nSPS) is 11.3. The minimum absolute atomic E-state index is 0.290. The van der Waals surface area contributed by atoms with Gasteiger partial charge in [-0.25, -0.2) is 9.37 Å². The van der Waals surface area contributed by atoms with Gasteiger partial charge in [0.25, 0.3) is 0 Å². The van der Waals surface area contributed by atoms with Crippen molar-refractivity contribution in [2.45, 2.75) is 11.6 Å². The molecule has 0 unspecified atom stereocenters. The lowest BCUT2D eigenvalue weighted by Crippen LogP contribution is -1.94. The standard InChI is InChI=1S/C17H13FN4S/c18-12-6-7-14-13(10-12)15-16(19-14)20-17(22-21-15)23-9-8-11-4-2-1-3-5-11/h1-7,10H,8-9H2,(H,19,20,22). The zero-order chi connectivity index (χ0) is 15.6. The Balaban J connectivity index is 1.55. The molecule has 2 aromatic heterocycles. The van der Waals surface area contributed by atoms with Crippen molar-refractivity contribution in [1.82, 2.24) is 20.2 Å². The molecule has 2 heterocycles. The Hall–Kier alpha value is -2.47. The maximum absolute atomic E-state index is 13.4. The molecular formula is C17H13FN4S. The molecule has 6 heteroatoms. The number of benzene rings is 2. The second-order valence-electron chi connectivity index (χ2n) is 5.19. The molecule has 4 nitrogen and oxygen atoms in total. The van der Waals surface area contributed by atoms with E-state index in [-0.39, 0.29) is 5.82 Å². The molecule has 0 aliphatic rings. The van der Waals surface area contributed by atoms with Crippen molar-refractivity contribution in [3.8, 4) is 0 Å². The number of hydrogen-bond donors (Lipinski definition) is 1. The molecule has 23 heavy (non-hydrogen) atoms. The van der Waals surface area contributed by atoms with Gasteiger partial charge in [0.1, 0.15) is 11.3 Å². The average molecular weight is 324 g/mol. The van der Waals surface area contributed by atoms with Crippen LogP contribution in [-0.4, -0.2) is 25.9 Å². The highest BCUT2D eigenvalue weighted by molar-refractivity contribution is 7.99. The molecule has 1 N–H and O–H groups in total. The van der Waals surface area contributed by atoms with E-state index in [9.17, 15) is 4.39 Å². The van der Waals surface area contributed by atoms with Crippen LogP contribution in [0.2, 0.25) is 0 Å². The Morgan fingerprint density at radius 2 is 1.91 bits per heavy atom. The monoisotopic (exact) mass is 324 g/mol. The Morgan fingerprint density at radius 3 is 2.78 bits per heavy atom. The van der Waals surface area contributed by atoms with Gasteiger partial charge in [0.05, 0.1) is 0 Å². The molecule has 0 saturated heterocycles. The second-order valence-corrected chi connectivity index (χ2v) is 6.25. The van der Waals surface area contributed by atoms with Gasteiger partial charge >= 0.3 is 0 Å². The fourth-order valence-electron chi connectivity index (χ4n) is 2.49. The predicted octanol–water partition coefficient (Wildman–Crippen LogP) is 3.98. The highest BCUT2D eigenvalue weighted by Gasteiger charge is 2.10. The number of nitrogens with zero attached hydrogens (tertiary/aromatic N) is 3. The lowest BCUT2D eigenvalue weighted by atomic mass is 10.2. The van der Waals surface area contributed by atoms with Crippen molar-refractivity contribution in [2.75, 3.05) is 5.75 Å². The number of rotatable bonds is 4. The summed E-state index contributed by atoms with van der Waals surface area (Å²) in [4.78, 5) is 7.64. The lowest BCUT2D eigenvalue weighted by molar-refractivity contribution is 0.630. The molecule has 0 aliphatic heterocycles. The zero-order valence-electron chi connectivity index (χ0n) is 12.2. The molecule has 0 atom stereocenters. The summed E-state index contributed by atoms with van der Waals surface area (Å²) in [5, 5.41) is 9.69. The van der Waals surface area contributed by atoms with Crippen LogP contribution in [0.3, 0.4) is 0 Å². The summed E-state index contributed by atoms with van der Waals surface area (Å²) in [6, 6.07) is 14.9. The maximum atomic E-state index is 13.4. The minimum Gasteiger partial charge on any atom is -0.338 e. The van der Waals surface area contributed by atoms with E-state index in [4.69, 9.17) is 0 Å². The van der Waals surface area contributed by atoms with E-state index in [1.54, 1.807) is 17.8 Å². The molecule has 4 aromatic rings. The van der Waals surface area contributed by atoms with Crippen LogP contribution in [0.5, 0.6) is 0 Å². The summed E-state index contributed by atoms with van der Waals surface area (Å²) < 4.78 is 13.4. The average Bonchev–Trinajstić information content (AvgIpc) is 2.93. The number of aromatic amines is 1. The third-order valence-corrected chi connectivity index (χ3v) is 4.46. The molecule has 0 aliphatic carbocycles. The summed E-state index contributed by atoms with van der Waals surface area (Å²) in [5.41, 5.74) is 3.35. The number of hydrogen-bond acceptors (Lipinski definition) is 4. The van der Waals surface area contributed by atoms with Crippen molar-refractivity contribution in [2.24, 2.45) is 0 Å². The Bertz CT molecular complexity index is 968. The predicted molar refractivity (Wildman–Crippen MR) is 90.0 cm³/mol. The van der Waals surface area contributed by atoms with Gasteiger partial charge in [0.2, 0.25) is 5.16 Å². The van der Waals surface area contributed by atoms with Crippen molar-refractivity contribution >= 4 is 33.8 Å². The van der Waals surface area contributed by atoms with Crippen LogP contribution in [0.1, 0.15) is 5.56 Å². The Morgan fingerprint density at radius 1 is 1.04 bits per heavy atom. The molecule has 4 rings (SSSR count). The van der Waals surface area contributed by atoms with Gasteiger partial charge in [-0.1, -0.05) is 42.1 Å². The van der Waals surface area contributed by atoms with Gasteiger partial charge in [-0.3, -0.25) is 0 Å². The summed E-state index contributed by atoms with van der Waals surface area (Å²) in [7, 11) is 0. The van der Waals surface area contributed by atoms with Crippen LogP contribution in [0.25, 0.3) is 22.1 Å². The Labute approximate surface area is 136 Å². The minimum atomic E-state index is -0.290. The van der Waals surface area contributed by atoms with Gasteiger partial charge in [0, 0.05) is 16.7 Å². The Kier molecular flexibility index (Phi) is 3.67. The SMILES string of the molecule is Fc1ccc2[nH]c3nc(SCCc4ccccc4)nnc3c2c1. The summed E-state index contributed by atoms with van der Waals surface area (Å²) in [6.45, 7) is 0. The molecule has 0 amide bonds. The van der Waals surface area contributed by atoms with E-state index in [1.807, 2.05) is 18.2 Å². The molecule has 0 radical (unpaired) electrons. The molecular weight excluding hydrogens is 311 g/mol. The van der Waals surface area contributed by atoms with E-state index in [1.165, 1.54) is 17.7 Å². The zero-order valence-corrected chi connectivity index (χ0v) is 13.0. The van der Waals surface area contributed by atoms with Crippen LogP contribution < -0.4 is 0 Å². The van der Waals surface area contributed by atoms with Gasteiger partial charge in [-0.2, -0.15) is 0 Å².